The van der Waals surface area contributed by atoms with Crippen molar-refractivity contribution in [1.29, 1.82) is 0 Å². The van der Waals surface area contributed by atoms with Gasteiger partial charge in [-0.25, -0.2) is 4.68 Å². The maximum Gasteiger partial charge on any atom is 0.252 e. The Balaban J connectivity index is 1.47. The van der Waals surface area contributed by atoms with E-state index in [1.165, 1.54) is 0 Å². The van der Waals surface area contributed by atoms with Gasteiger partial charge in [0.05, 0.1) is 23.0 Å². The van der Waals surface area contributed by atoms with Crippen molar-refractivity contribution in [2.75, 3.05) is 6.61 Å². The van der Waals surface area contributed by atoms with Crippen LogP contribution in [0.3, 0.4) is 0 Å². The second-order valence-electron chi connectivity index (χ2n) is 8.49. The quantitative estimate of drug-likeness (QED) is 0.250. The van der Waals surface area contributed by atoms with E-state index in [1.807, 2.05) is 102 Å². The monoisotopic (exact) mass is 495 g/mol. The van der Waals surface area contributed by atoms with Gasteiger partial charge in [-0.05, 0) is 53.6 Å². The third kappa shape index (κ3) is 4.97. The van der Waals surface area contributed by atoms with Gasteiger partial charge in [0.25, 0.3) is 5.91 Å². The summed E-state index contributed by atoms with van der Waals surface area (Å²) in [4.78, 5) is 13.2. The van der Waals surface area contributed by atoms with Crippen LogP contribution in [0, 0.1) is 0 Å². The van der Waals surface area contributed by atoms with E-state index in [0.717, 1.165) is 39.7 Å². The molecule has 1 aromatic heterocycles. The number of aromatic nitrogens is 2. The Morgan fingerprint density at radius 2 is 1.75 bits per heavy atom. The van der Waals surface area contributed by atoms with Crippen molar-refractivity contribution >= 4 is 28.3 Å². The van der Waals surface area contributed by atoms with E-state index in [-0.39, 0.29) is 5.91 Å². The average molecular weight is 496 g/mol. The maximum absolute atomic E-state index is 13.2. The highest BCUT2D eigenvalue weighted by molar-refractivity contribution is 6.32. The van der Waals surface area contributed by atoms with Crippen LogP contribution in [0.5, 0.6) is 5.75 Å². The molecule has 6 heteroatoms. The lowest BCUT2D eigenvalue weighted by Crippen LogP contribution is -2.23. The number of fused-ring (bicyclic) bond motifs is 1. The largest absolute Gasteiger partial charge is 0.492 e. The summed E-state index contributed by atoms with van der Waals surface area (Å²) in [6, 6.07) is 29.2. The fourth-order valence-corrected chi connectivity index (χ4v) is 4.40. The standard InChI is InChI=1S/C30H26ClN3O2/c1-2-17-36-28-16-15-22(18-27(28)31)29-23(20-34(33-29)24-11-4-3-5-12-24)19-32-30(35)26-14-8-10-21-9-6-7-13-25(21)26/h3-16,18,20H,2,17,19H2,1H3,(H,32,35). The zero-order chi connectivity index (χ0) is 24.9. The normalized spacial score (nSPS) is 10.9. The lowest BCUT2D eigenvalue weighted by atomic mass is 10.0. The van der Waals surface area contributed by atoms with Crippen LogP contribution in [0.1, 0.15) is 29.3 Å². The Morgan fingerprint density at radius 1 is 0.972 bits per heavy atom. The predicted molar refractivity (Wildman–Crippen MR) is 145 cm³/mol. The number of nitrogens with one attached hydrogen (secondary N) is 1. The third-order valence-corrected chi connectivity index (χ3v) is 6.25. The van der Waals surface area contributed by atoms with Crippen molar-refractivity contribution in [3.63, 3.8) is 0 Å². The van der Waals surface area contributed by atoms with Crippen molar-refractivity contribution < 1.29 is 9.53 Å². The molecule has 0 bridgehead atoms. The first-order valence-corrected chi connectivity index (χ1v) is 12.3. The molecule has 0 aliphatic carbocycles. The van der Waals surface area contributed by atoms with Crippen LogP contribution in [0.4, 0.5) is 0 Å². The second-order valence-corrected chi connectivity index (χ2v) is 8.89. The highest BCUT2D eigenvalue weighted by Gasteiger charge is 2.16. The Hall–Kier alpha value is -4.09. The summed E-state index contributed by atoms with van der Waals surface area (Å²) in [5, 5.41) is 10.4. The summed E-state index contributed by atoms with van der Waals surface area (Å²) in [6.07, 6.45) is 2.85. The maximum atomic E-state index is 13.2. The lowest BCUT2D eigenvalue weighted by molar-refractivity contribution is 0.0952. The number of benzene rings is 4. The van der Waals surface area contributed by atoms with E-state index in [4.69, 9.17) is 21.4 Å². The number of rotatable bonds is 8. The molecule has 1 amide bonds. The summed E-state index contributed by atoms with van der Waals surface area (Å²) in [7, 11) is 0. The number of hydrogen-bond donors (Lipinski definition) is 1. The highest BCUT2D eigenvalue weighted by Crippen LogP contribution is 2.32. The molecule has 0 saturated carbocycles. The van der Waals surface area contributed by atoms with Crippen molar-refractivity contribution in [3.8, 4) is 22.7 Å². The molecule has 0 atom stereocenters. The topological polar surface area (TPSA) is 56.1 Å². The summed E-state index contributed by atoms with van der Waals surface area (Å²) in [5.41, 5.74) is 4.06. The van der Waals surface area contributed by atoms with E-state index in [1.54, 1.807) is 0 Å². The number of carbonyl (C=O) groups excluding carboxylic acids is 1. The third-order valence-electron chi connectivity index (χ3n) is 5.95. The molecule has 0 aliphatic rings. The SMILES string of the molecule is CCCOc1ccc(-c2nn(-c3ccccc3)cc2CNC(=O)c2cccc3ccccc23)cc1Cl. The van der Waals surface area contributed by atoms with E-state index in [0.29, 0.717) is 29.5 Å². The van der Waals surface area contributed by atoms with Gasteiger partial charge in [-0.3, -0.25) is 4.79 Å². The fourth-order valence-electron chi connectivity index (χ4n) is 4.17. The molecule has 0 unspecified atom stereocenters. The average Bonchev–Trinajstić information content (AvgIpc) is 3.35. The van der Waals surface area contributed by atoms with E-state index in [2.05, 4.69) is 12.2 Å². The zero-order valence-electron chi connectivity index (χ0n) is 19.9. The summed E-state index contributed by atoms with van der Waals surface area (Å²) in [5.74, 6) is 0.516. The van der Waals surface area contributed by atoms with Gasteiger partial charge in [0, 0.05) is 29.4 Å². The first kappa shape index (κ1) is 23.6. The number of para-hydroxylation sites is 1. The molecule has 36 heavy (non-hydrogen) atoms. The van der Waals surface area contributed by atoms with Crippen LogP contribution in [0.15, 0.2) is 97.2 Å². The predicted octanol–water partition coefficient (Wildman–Crippen LogP) is 7.06. The number of halogens is 1. The first-order chi connectivity index (χ1) is 17.6. The van der Waals surface area contributed by atoms with Gasteiger partial charge in [0.1, 0.15) is 5.75 Å². The summed E-state index contributed by atoms with van der Waals surface area (Å²) in [6.45, 7) is 2.97. The summed E-state index contributed by atoms with van der Waals surface area (Å²) < 4.78 is 7.55. The van der Waals surface area contributed by atoms with Crippen molar-refractivity contribution in [2.45, 2.75) is 19.9 Å². The number of carbonyl (C=O) groups is 1. The van der Waals surface area contributed by atoms with Crippen LogP contribution in [0.2, 0.25) is 5.02 Å². The Morgan fingerprint density at radius 3 is 2.56 bits per heavy atom. The molecule has 4 aromatic carbocycles. The Labute approximate surface area is 215 Å². The Kier molecular flexibility index (Phi) is 7.01. The zero-order valence-corrected chi connectivity index (χ0v) is 20.7. The van der Waals surface area contributed by atoms with Crippen LogP contribution in [-0.2, 0) is 6.54 Å². The molecule has 1 heterocycles. The van der Waals surface area contributed by atoms with Gasteiger partial charge in [-0.2, -0.15) is 5.10 Å². The minimum Gasteiger partial charge on any atom is -0.492 e. The van der Waals surface area contributed by atoms with Crippen molar-refractivity contribution in [3.05, 3.63) is 113 Å². The molecule has 5 rings (SSSR count). The molecule has 0 fully saturated rings. The minimum atomic E-state index is -0.133. The van der Waals surface area contributed by atoms with Gasteiger partial charge in [-0.1, -0.05) is 73.1 Å². The molecule has 0 saturated heterocycles. The molecule has 0 radical (unpaired) electrons. The smallest absolute Gasteiger partial charge is 0.252 e. The van der Waals surface area contributed by atoms with E-state index < -0.39 is 0 Å². The summed E-state index contributed by atoms with van der Waals surface area (Å²) >= 11 is 6.52. The number of nitrogens with zero attached hydrogens (tertiary/aromatic N) is 2. The molecular weight excluding hydrogens is 470 g/mol. The molecule has 0 spiro atoms. The van der Waals surface area contributed by atoms with E-state index >= 15 is 0 Å². The van der Waals surface area contributed by atoms with Gasteiger partial charge in [-0.15, -0.1) is 0 Å². The minimum absolute atomic E-state index is 0.133. The lowest BCUT2D eigenvalue weighted by Gasteiger charge is -2.10. The molecule has 0 aliphatic heterocycles. The van der Waals surface area contributed by atoms with Crippen molar-refractivity contribution in [2.24, 2.45) is 0 Å². The van der Waals surface area contributed by atoms with Crippen LogP contribution >= 0.6 is 11.6 Å². The van der Waals surface area contributed by atoms with Gasteiger partial charge in [0.15, 0.2) is 0 Å². The molecule has 1 N–H and O–H groups in total. The molecular formula is C30H26ClN3O2. The number of ether oxygens (including phenoxy) is 1. The molecule has 5 nitrogen and oxygen atoms in total. The second kappa shape index (κ2) is 10.7. The highest BCUT2D eigenvalue weighted by atomic mass is 35.5. The fraction of sp³-hybridized carbons (Fsp3) is 0.133. The van der Waals surface area contributed by atoms with Crippen molar-refractivity contribution in [1.82, 2.24) is 15.1 Å². The number of hydrogen-bond acceptors (Lipinski definition) is 3. The van der Waals surface area contributed by atoms with Gasteiger partial charge in [0.2, 0.25) is 0 Å². The molecule has 5 aromatic rings. The van der Waals surface area contributed by atoms with E-state index in [9.17, 15) is 4.79 Å². The van der Waals surface area contributed by atoms with Crippen LogP contribution < -0.4 is 10.1 Å². The van der Waals surface area contributed by atoms with Gasteiger partial charge < -0.3 is 10.1 Å². The molecule has 180 valence electrons. The van der Waals surface area contributed by atoms with Gasteiger partial charge >= 0.3 is 0 Å². The van der Waals surface area contributed by atoms with Crippen LogP contribution in [0.25, 0.3) is 27.7 Å². The number of amides is 1. The van der Waals surface area contributed by atoms with Crippen LogP contribution in [-0.4, -0.2) is 22.3 Å². The Bertz CT molecular complexity index is 1510. The first-order valence-electron chi connectivity index (χ1n) is 12.0.